The van der Waals surface area contributed by atoms with Gasteiger partial charge in [0.2, 0.25) is 0 Å². The largest absolute Gasteiger partial charge is 0.497 e. The minimum atomic E-state index is -4.90. The number of nitrogens with zero attached hydrogens (tertiary/aromatic N) is 5. The van der Waals surface area contributed by atoms with Crippen LogP contribution in [0.25, 0.3) is 0 Å². The third-order valence-corrected chi connectivity index (χ3v) is 11.3. The number of aromatic nitrogens is 2. The van der Waals surface area contributed by atoms with Gasteiger partial charge in [-0.25, -0.2) is 31.5 Å². The normalized spacial score (nSPS) is 16.7. The Bertz CT molecular complexity index is 1940. The van der Waals surface area contributed by atoms with E-state index in [0.29, 0.717) is 55.6 Å². The van der Waals surface area contributed by atoms with Gasteiger partial charge in [0.25, 0.3) is 10.0 Å². The zero-order valence-corrected chi connectivity index (χ0v) is 29.8. The number of hydrogen-bond donors (Lipinski definition) is 0. The highest BCUT2D eigenvalue weighted by Gasteiger charge is 2.39. The number of aryl methyl sites for hydroxylation is 2. The van der Waals surface area contributed by atoms with Crippen LogP contribution in [0.3, 0.4) is 0 Å². The molecule has 1 fully saturated rings. The van der Waals surface area contributed by atoms with Crippen molar-refractivity contribution in [2.24, 2.45) is 0 Å². The van der Waals surface area contributed by atoms with E-state index in [9.17, 15) is 21.6 Å². The smallest absolute Gasteiger partial charge is 0.416 e. The molecular weight excluding hydrogens is 693 g/mol. The molecule has 5 rings (SSSR count). The van der Waals surface area contributed by atoms with E-state index in [1.807, 2.05) is 19.0 Å². The van der Waals surface area contributed by atoms with E-state index in [1.54, 1.807) is 29.2 Å². The molecule has 1 atom stereocenters. The monoisotopic (exact) mass is 733 g/mol. The van der Waals surface area contributed by atoms with Crippen molar-refractivity contribution < 1.29 is 39.8 Å². The molecule has 2 heterocycles. The van der Waals surface area contributed by atoms with E-state index >= 15 is 8.78 Å². The Balaban J connectivity index is 1.45. The fourth-order valence-corrected chi connectivity index (χ4v) is 8.07. The van der Waals surface area contributed by atoms with Crippen molar-refractivity contribution >= 4 is 21.5 Å². The molecule has 0 saturated carbocycles. The summed E-state index contributed by atoms with van der Waals surface area (Å²) in [6.45, 7) is 1.80. The molecule has 1 saturated heterocycles. The van der Waals surface area contributed by atoms with Crippen molar-refractivity contribution in [3.8, 4) is 11.5 Å². The molecule has 15 heteroatoms. The number of ether oxygens (including phenoxy) is 2. The summed E-state index contributed by atoms with van der Waals surface area (Å²) in [4.78, 5) is 10.5. The van der Waals surface area contributed by atoms with Gasteiger partial charge in [-0.05, 0) is 88.2 Å². The van der Waals surface area contributed by atoms with Gasteiger partial charge < -0.3 is 19.3 Å². The van der Waals surface area contributed by atoms with Crippen molar-refractivity contribution in [2.45, 2.75) is 55.8 Å². The predicted octanol–water partition coefficient (Wildman–Crippen LogP) is 7.03. The predicted molar refractivity (Wildman–Crippen MR) is 184 cm³/mol. The topological polar surface area (TPSA) is 88.1 Å². The highest BCUT2D eigenvalue weighted by atomic mass is 32.2. The molecule has 0 aliphatic carbocycles. The maximum Gasteiger partial charge on any atom is 0.416 e. The Morgan fingerprint density at radius 1 is 0.980 bits per heavy atom. The van der Waals surface area contributed by atoms with E-state index in [4.69, 9.17) is 9.47 Å². The van der Waals surface area contributed by atoms with Crippen LogP contribution in [0.2, 0.25) is 0 Å². The quantitative estimate of drug-likeness (QED) is 0.144. The fraction of sp³-hybridized carbons (Fsp3) is 0.389. The number of alkyl halides is 3. The van der Waals surface area contributed by atoms with Crippen molar-refractivity contribution in [2.75, 3.05) is 50.6 Å². The van der Waals surface area contributed by atoms with Crippen molar-refractivity contribution in [1.29, 1.82) is 0 Å². The lowest BCUT2D eigenvalue weighted by molar-refractivity contribution is -0.138. The van der Waals surface area contributed by atoms with Gasteiger partial charge in [0.05, 0.1) is 26.3 Å². The van der Waals surface area contributed by atoms with Crippen molar-refractivity contribution in [1.82, 2.24) is 14.9 Å². The first-order chi connectivity index (χ1) is 24.1. The van der Waals surface area contributed by atoms with Gasteiger partial charge in [-0.15, -0.1) is 0 Å². The van der Waals surface area contributed by atoms with E-state index in [0.717, 1.165) is 22.8 Å². The second-order valence-electron chi connectivity index (χ2n) is 12.8. The van der Waals surface area contributed by atoms with Crippen LogP contribution in [0.1, 0.15) is 41.5 Å². The van der Waals surface area contributed by atoms with Gasteiger partial charge in [-0.3, -0.25) is 0 Å². The SMILES string of the molecule is COc1ccc(CN(c2ccncn2)S(=O)(=O)c2c(F)cc(N3CCCC(CCc4ccc(C)c(C(F)(F)F)c4)(N(C)C)C3)cc2F)c(OC)c1. The standard InChI is InChI=1S/C36H40F5N5O4S/c1-24-7-8-25(17-29(24)36(39,40)41)11-14-35(44(2)3)13-6-16-45(22-35)27-18-30(37)34(31(38)19-27)51(47,48)46(33-12-15-42-23-43-33)21-26-9-10-28(49-4)20-32(26)50-5/h7-10,12,15,17-20,23H,6,11,13-14,16,21-22H2,1-5H3. The van der Waals surface area contributed by atoms with Crippen LogP contribution < -0.4 is 18.7 Å². The van der Waals surface area contributed by atoms with Crippen LogP contribution in [0.4, 0.5) is 33.5 Å². The first kappa shape index (κ1) is 37.7. The molecule has 1 aromatic heterocycles. The number of likely N-dealkylation sites (N-methyl/N-ethyl adjacent to an activating group) is 1. The summed E-state index contributed by atoms with van der Waals surface area (Å²) >= 11 is 0. The molecule has 9 nitrogen and oxygen atoms in total. The van der Waals surface area contributed by atoms with E-state index in [1.165, 1.54) is 45.5 Å². The van der Waals surface area contributed by atoms with Gasteiger partial charge in [-0.2, -0.15) is 13.2 Å². The Labute approximate surface area is 294 Å². The Morgan fingerprint density at radius 3 is 2.31 bits per heavy atom. The summed E-state index contributed by atoms with van der Waals surface area (Å²) in [7, 11) is 1.71. The number of sulfonamides is 1. The highest BCUT2D eigenvalue weighted by Crippen LogP contribution is 2.38. The van der Waals surface area contributed by atoms with Gasteiger partial charge >= 0.3 is 6.18 Å². The molecule has 4 aromatic rings. The molecule has 0 spiro atoms. The maximum atomic E-state index is 16.1. The Hall–Kier alpha value is -4.50. The molecule has 0 bridgehead atoms. The van der Waals surface area contributed by atoms with Crippen LogP contribution >= 0.6 is 0 Å². The summed E-state index contributed by atoms with van der Waals surface area (Å²) in [5, 5.41) is 0. The molecule has 1 aliphatic heterocycles. The molecule has 0 amide bonds. The number of rotatable bonds is 12. The summed E-state index contributed by atoms with van der Waals surface area (Å²) in [6, 6.07) is 12.4. The molecule has 274 valence electrons. The first-order valence-corrected chi connectivity index (χ1v) is 17.6. The summed E-state index contributed by atoms with van der Waals surface area (Å²) < 4.78 is 113. The molecule has 0 radical (unpaired) electrons. The number of benzene rings is 3. The number of methoxy groups -OCH3 is 2. The third-order valence-electron chi connectivity index (χ3n) is 9.52. The summed E-state index contributed by atoms with van der Waals surface area (Å²) in [6.07, 6.45) is 0.143. The van der Waals surface area contributed by atoms with E-state index in [-0.39, 0.29) is 29.4 Å². The lowest BCUT2D eigenvalue weighted by atomic mass is 9.82. The Kier molecular flexibility index (Phi) is 11.1. The van der Waals surface area contributed by atoms with Gasteiger partial charge in [0, 0.05) is 48.2 Å². The van der Waals surface area contributed by atoms with Crippen LogP contribution in [0, 0.1) is 18.6 Å². The zero-order valence-electron chi connectivity index (χ0n) is 29.0. The average Bonchev–Trinajstić information content (AvgIpc) is 3.09. The summed E-state index contributed by atoms with van der Waals surface area (Å²) in [5.74, 6) is -1.94. The third kappa shape index (κ3) is 8.04. The van der Waals surface area contributed by atoms with Crippen LogP contribution in [-0.4, -0.2) is 70.2 Å². The number of piperidine rings is 1. The van der Waals surface area contributed by atoms with Gasteiger partial charge in [0.1, 0.15) is 35.3 Å². The second kappa shape index (κ2) is 15.0. The second-order valence-corrected chi connectivity index (χ2v) is 14.6. The molecular formula is C36H40F5N5O4S. The number of hydrogen-bond acceptors (Lipinski definition) is 8. The number of anilines is 2. The summed E-state index contributed by atoms with van der Waals surface area (Å²) in [5.41, 5.74) is -0.000405. The fourth-order valence-electron chi connectivity index (χ4n) is 6.58. The maximum absolute atomic E-state index is 16.1. The van der Waals surface area contributed by atoms with Crippen LogP contribution in [-0.2, 0) is 29.2 Å². The minimum absolute atomic E-state index is 0.117. The molecule has 1 unspecified atom stereocenters. The van der Waals surface area contributed by atoms with Crippen LogP contribution in [0.15, 0.2) is 72.0 Å². The van der Waals surface area contributed by atoms with Crippen molar-refractivity contribution in [3.05, 3.63) is 101 Å². The minimum Gasteiger partial charge on any atom is -0.497 e. The zero-order chi connectivity index (χ0) is 37.1. The average molecular weight is 734 g/mol. The van der Waals surface area contributed by atoms with E-state index in [2.05, 4.69) is 9.97 Å². The van der Waals surface area contributed by atoms with Gasteiger partial charge in [0.15, 0.2) is 4.90 Å². The molecule has 3 aromatic carbocycles. The molecule has 0 N–H and O–H groups in total. The highest BCUT2D eigenvalue weighted by molar-refractivity contribution is 7.92. The van der Waals surface area contributed by atoms with Gasteiger partial charge in [-0.1, -0.05) is 12.1 Å². The lowest BCUT2D eigenvalue weighted by Crippen LogP contribution is -2.56. The molecule has 1 aliphatic rings. The van der Waals surface area contributed by atoms with E-state index < -0.39 is 43.8 Å². The first-order valence-electron chi connectivity index (χ1n) is 16.2. The lowest BCUT2D eigenvalue weighted by Gasteiger charge is -2.48. The number of halogens is 5. The Morgan fingerprint density at radius 2 is 1.71 bits per heavy atom. The van der Waals surface area contributed by atoms with Crippen molar-refractivity contribution in [3.63, 3.8) is 0 Å². The molecule has 51 heavy (non-hydrogen) atoms. The van der Waals surface area contributed by atoms with Crippen LogP contribution in [0.5, 0.6) is 11.5 Å².